The minimum Gasteiger partial charge on any atom is -0.451 e. The van der Waals surface area contributed by atoms with E-state index in [4.69, 9.17) is 4.42 Å². The quantitative estimate of drug-likeness (QED) is 0.684. The molecule has 142 valence electrons. The zero-order valence-corrected chi connectivity index (χ0v) is 14.9. The van der Waals surface area contributed by atoms with Gasteiger partial charge in [-0.2, -0.15) is 0 Å². The molecule has 6 nitrogen and oxygen atoms in total. The SMILES string of the molecule is CN(C)c1ccc2cc(C(=O)NS(=O)(=O)c3ccc(F)c(F)c3F)oc2c1. The minimum atomic E-state index is -4.79. The van der Waals surface area contributed by atoms with Crippen LogP contribution >= 0.6 is 0 Å². The average Bonchev–Trinajstić information content (AvgIpc) is 3.02. The minimum absolute atomic E-state index is 0.336. The van der Waals surface area contributed by atoms with Gasteiger partial charge in [0, 0.05) is 31.2 Å². The Kier molecular flexibility index (Phi) is 4.60. The molecular formula is C17H13F3N2O4S. The van der Waals surface area contributed by atoms with Crippen molar-refractivity contribution < 1.29 is 30.8 Å². The fourth-order valence-corrected chi connectivity index (χ4v) is 3.38. The van der Waals surface area contributed by atoms with E-state index in [0.29, 0.717) is 23.1 Å². The Morgan fingerprint density at radius 3 is 2.41 bits per heavy atom. The van der Waals surface area contributed by atoms with E-state index in [0.717, 1.165) is 5.69 Å². The highest BCUT2D eigenvalue weighted by Crippen LogP contribution is 2.25. The van der Waals surface area contributed by atoms with E-state index in [1.807, 2.05) is 0 Å². The monoisotopic (exact) mass is 398 g/mol. The highest BCUT2D eigenvalue weighted by molar-refractivity contribution is 7.90. The summed E-state index contributed by atoms with van der Waals surface area (Å²) in [6.07, 6.45) is 0. The molecule has 27 heavy (non-hydrogen) atoms. The average molecular weight is 398 g/mol. The molecule has 3 rings (SSSR count). The molecule has 1 heterocycles. The standard InChI is InChI=1S/C17H13F3N2O4S/c1-22(2)10-4-3-9-7-13(26-12(9)8-10)17(23)21-27(24,25)14-6-5-11(18)15(19)16(14)20/h3-8H,1-2H3,(H,21,23). The summed E-state index contributed by atoms with van der Waals surface area (Å²) in [6.45, 7) is 0. The Labute approximate surface area is 152 Å². The van der Waals surface area contributed by atoms with Gasteiger partial charge in [0.15, 0.2) is 23.2 Å². The molecule has 0 radical (unpaired) electrons. The van der Waals surface area contributed by atoms with Crippen molar-refractivity contribution in [3.63, 3.8) is 0 Å². The van der Waals surface area contributed by atoms with Crippen LogP contribution in [0, 0.1) is 17.5 Å². The molecule has 10 heteroatoms. The molecule has 0 aliphatic carbocycles. The summed E-state index contributed by atoms with van der Waals surface area (Å²) in [4.78, 5) is 12.8. The molecule has 1 aromatic heterocycles. The number of nitrogens with zero attached hydrogens (tertiary/aromatic N) is 1. The van der Waals surface area contributed by atoms with Crippen molar-refractivity contribution in [3.05, 3.63) is 59.6 Å². The highest BCUT2D eigenvalue weighted by atomic mass is 32.2. The van der Waals surface area contributed by atoms with Gasteiger partial charge in [0.25, 0.3) is 10.0 Å². The summed E-state index contributed by atoms with van der Waals surface area (Å²) >= 11 is 0. The van der Waals surface area contributed by atoms with Crippen LogP contribution in [0.3, 0.4) is 0 Å². The van der Waals surface area contributed by atoms with Gasteiger partial charge in [-0.15, -0.1) is 0 Å². The third-order valence-electron chi connectivity index (χ3n) is 3.76. The number of rotatable bonds is 4. The Morgan fingerprint density at radius 2 is 1.74 bits per heavy atom. The van der Waals surface area contributed by atoms with Gasteiger partial charge in [-0.1, -0.05) is 0 Å². The highest BCUT2D eigenvalue weighted by Gasteiger charge is 2.27. The first-order valence-electron chi connectivity index (χ1n) is 7.52. The predicted octanol–water partition coefficient (Wildman–Crippen LogP) is 3.03. The second-order valence-electron chi connectivity index (χ2n) is 5.84. The van der Waals surface area contributed by atoms with E-state index in [1.165, 1.54) is 6.07 Å². The molecular weight excluding hydrogens is 385 g/mol. The van der Waals surface area contributed by atoms with E-state index >= 15 is 0 Å². The fourth-order valence-electron chi connectivity index (χ4n) is 2.35. The number of hydrogen-bond donors (Lipinski definition) is 1. The van der Waals surface area contributed by atoms with Crippen LogP contribution in [-0.2, 0) is 10.0 Å². The third kappa shape index (κ3) is 3.47. The lowest BCUT2D eigenvalue weighted by Gasteiger charge is -2.11. The van der Waals surface area contributed by atoms with Gasteiger partial charge >= 0.3 is 5.91 Å². The number of sulfonamides is 1. The number of furan rings is 1. The van der Waals surface area contributed by atoms with E-state index in [1.54, 1.807) is 41.9 Å². The van der Waals surface area contributed by atoms with Crippen molar-refractivity contribution >= 4 is 32.6 Å². The van der Waals surface area contributed by atoms with Crippen LogP contribution in [0.1, 0.15) is 10.6 Å². The Hall–Kier alpha value is -3.01. The molecule has 0 saturated heterocycles. The number of fused-ring (bicyclic) bond motifs is 1. The number of carbonyl (C=O) groups excluding carboxylic acids is 1. The van der Waals surface area contributed by atoms with Crippen molar-refractivity contribution in [2.45, 2.75) is 4.90 Å². The summed E-state index contributed by atoms with van der Waals surface area (Å²) in [7, 11) is -1.17. The number of hydrogen-bond acceptors (Lipinski definition) is 5. The van der Waals surface area contributed by atoms with Gasteiger partial charge in [0.2, 0.25) is 0 Å². The number of anilines is 1. The van der Waals surface area contributed by atoms with E-state index in [-0.39, 0.29) is 5.76 Å². The lowest BCUT2D eigenvalue weighted by Crippen LogP contribution is -2.31. The molecule has 1 amide bonds. The van der Waals surface area contributed by atoms with Crippen molar-refractivity contribution in [3.8, 4) is 0 Å². The zero-order valence-electron chi connectivity index (χ0n) is 14.1. The first-order valence-corrected chi connectivity index (χ1v) is 9.00. The van der Waals surface area contributed by atoms with Crippen molar-refractivity contribution in [1.82, 2.24) is 4.72 Å². The lowest BCUT2D eigenvalue weighted by atomic mass is 10.2. The second kappa shape index (κ2) is 6.62. The lowest BCUT2D eigenvalue weighted by molar-refractivity contribution is 0.0956. The molecule has 0 aliphatic rings. The van der Waals surface area contributed by atoms with Crippen LogP contribution in [0.2, 0.25) is 0 Å². The number of nitrogens with one attached hydrogen (secondary N) is 1. The van der Waals surface area contributed by atoms with Crippen LogP contribution in [0.15, 0.2) is 45.7 Å². The van der Waals surface area contributed by atoms with Crippen molar-refractivity contribution in [2.75, 3.05) is 19.0 Å². The van der Waals surface area contributed by atoms with Gasteiger partial charge < -0.3 is 9.32 Å². The van der Waals surface area contributed by atoms with Gasteiger partial charge in [0.1, 0.15) is 10.5 Å². The van der Waals surface area contributed by atoms with Crippen LogP contribution in [0.4, 0.5) is 18.9 Å². The van der Waals surface area contributed by atoms with E-state index in [9.17, 15) is 26.4 Å². The molecule has 0 spiro atoms. The molecule has 0 unspecified atom stereocenters. The van der Waals surface area contributed by atoms with Crippen molar-refractivity contribution in [2.24, 2.45) is 0 Å². The zero-order chi connectivity index (χ0) is 19.9. The maximum Gasteiger partial charge on any atom is 0.300 e. The summed E-state index contributed by atoms with van der Waals surface area (Å²) in [6, 6.07) is 7.37. The maximum atomic E-state index is 13.7. The van der Waals surface area contributed by atoms with Crippen LogP contribution in [-0.4, -0.2) is 28.4 Å². The number of benzene rings is 2. The number of carbonyl (C=O) groups is 1. The second-order valence-corrected chi connectivity index (χ2v) is 7.49. The first-order chi connectivity index (χ1) is 12.6. The molecule has 1 N–H and O–H groups in total. The predicted molar refractivity (Wildman–Crippen MR) is 91.5 cm³/mol. The summed E-state index contributed by atoms with van der Waals surface area (Å²) in [5.41, 5.74) is 1.13. The molecule has 0 atom stereocenters. The fraction of sp³-hybridized carbons (Fsp3) is 0.118. The number of halogens is 3. The Morgan fingerprint density at radius 1 is 1.04 bits per heavy atom. The maximum absolute atomic E-state index is 13.7. The molecule has 0 fully saturated rings. The van der Waals surface area contributed by atoms with Gasteiger partial charge in [0.05, 0.1) is 0 Å². The number of amides is 1. The van der Waals surface area contributed by atoms with Gasteiger partial charge in [-0.3, -0.25) is 4.79 Å². The largest absolute Gasteiger partial charge is 0.451 e. The van der Waals surface area contributed by atoms with E-state index in [2.05, 4.69) is 0 Å². The summed E-state index contributed by atoms with van der Waals surface area (Å²) in [5, 5.41) is 0.544. The van der Waals surface area contributed by atoms with Gasteiger partial charge in [-0.25, -0.2) is 26.3 Å². The molecule has 2 aromatic carbocycles. The Bertz CT molecular complexity index is 1160. The van der Waals surface area contributed by atoms with Crippen LogP contribution < -0.4 is 9.62 Å². The Balaban J connectivity index is 1.92. The first kappa shape index (κ1) is 18.8. The summed E-state index contributed by atoms with van der Waals surface area (Å²) < 4.78 is 71.2. The normalized spacial score (nSPS) is 11.6. The third-order valence-corrected chi connectivity index (χ3v) is 5.11. The molecule has 3 aromatic rings. The summed E-state index contributed by atoms with van der Waals surface area (Å²) in [5.74, 6) is -6.94. The van der Waals surface area contributed by atoms with E-state index < -0.39 is 38.3 Å². The molecule has 0 saturated carbocycles. The molecule has 0 aliphatic heterocycles. The molecule has 0 bridgehead atoms. The smallest absolute Gasteiger partial charge is 0.300 e. The van der Waals surface area contributed by atoms with Crippen LogP contribution in [0.25, 0.3) is 11.0 Å². The van der Waals surface area contributed by atoms with Crippen molar-refractivity contribution in [1.29, 1.82) is 0 Å². The topological polar surface area (TPSA) is 79.6 Å². The van der Waals surface area contributed by atoms with Gasteiger partial charge in [-0.05, 0) is 30.3 Å². The van der Waals surface area contributed by atoms with Crippen LogP contribution in [0.5, 0.6) is 0 Å².